The van der Waals surface area contributed by atoms with Crippen molar-refractivity contribution in [3.8, 4) is 5.69 Å². The fraction of sp³-hybridized carbons (Fsp3) is 0.500. The molecule has 25 heavy (non-hydrogen) atoms. The number of benzene rings is 1. The van der Waals surface area contributed by atoms with Crippen molar-refractivity contribution in [2.24, 2.45) is 0 Å². The number of aliphatic hydroxyl groups is 1. The highest BCUT2D eigenvalue weighted by Gasteiger charge is 2.27. The molecule has 0 aliphatic rings. The Kier molecular flexibility index (Phi) is 5.89. The third kappa shape index (κ3) is 4.22. The maximum Gasteiger partial charge on any atom is 0.291 e. The topological polar surface area (TPSA) is 80.0 Å². The van der Waals surface area contributed by atoms with Gasteiger partial charge in [-0.15, -0.1) is 5.10 Å². The number of para-hydroxylation sites is 1. The van der Waals surface area contributed by atoms with Crippen LogP contribution in [-0.2, 0) is 0 Å². The number of carbonyl (C=O) groups excluding carboxylic acids is 1. The first-order chi connectivity index (χ1) is 11.8. The molecule has 0 saturated heterocycles. The minimum Gasteiger partial charge on any atom is -0.396 e. The van der Waals surface area contributed by atoms with Crippen LogP contribution in [-0.4, -0.2) is 37.9 Å². The van der Waals surface area contributed by atoms with Crippen LogP contribution in [0.4, 0.5) is 4.39 Å². The molecule has 2 rings (SSSR count). The SMILES string of the molecule is CCC(C)(CCO)NC(=O)c1nc(C(C)C)n(-c2ccccc2F)n1. The molecule has 0 saturated carbocycles. The second-order valence-corrected chi connectivity index (χ2v) is 6.65. The fourth-order valence-corrected chi connectivity index (χ4v) is 2.50. The van der Waals surface area contributed by atoms with Gasteiger partial charge in [0.1, 0.15) is 17.3 Å². The number of amides is 1. The molecule has 6 nitrogen and oxygen atoms in total. The smallest absolute Gasteiger partial charge is 0.291 e. The fourth-order valence-electron chi connectivity index (χ4n) is 2.50. The molecule has 1 amide bonds. The van der Waals surface area contributed by atoms with Crippen LogP contribution in [0.15, 0.2) is 24.3 Å². The van der Waals surface area contributed by atoms with Gasteiger partial charge in [-0.3, -0.25) is 4.79 Å². The zero-order valence-corrected chi connectivity index (χ0v) is 15.1. The minimum absolute atomic E-state index is 0.00966. The van der Waals surface area contributed by atoms with Gasteiger partial charge in [-0.25, -0.2) is 14.1 Å². The van der Waals surface area contributed by atoms with Crippen molar-refractivity contribution in [1.82, 2.24) is 20.1 Å². The van der Waals surface area contributed by atoms with Crippen LogP contribution in [0.2, 0.25) is 0 Å². The molecule has 1 aromatic heterocycles. The van der Waals surface area contributed by atoms with Gasteiger partial charge in [0, 0.05) is 18.1 Å². The predicted molar refractivity (Wildman–Crippen MR) is 93.3 cm³/mol. The lowest BCUT2D eigenvalue weighted by Gasteiger charge is -2.28. The number of carbonyl (C=O) groups is 1. The summed E-state index contributed by atoms with van der Waals surface area (Å²) in [7, 11) is 0. The van der Waals surface area contributed by atoms with Gasteiger partial charge < -0.3 is 10.4 Å². The molecule has 136 valence electrons. The van der Waals surface area contributed by atoms with E-state index in [1.54, 1.807) is 18.2 Å². The number of halogens is 1. The normalized spacial score (nSPS) is 13.7. The van der Waals surface area contributed by atoms with E-state index in [1.165, 1.54) is 10.7 Å². The number of hydrogen-bond donors (Lipinski definition) is 2. The molecule has 0 bridgehead atoms. The molecule has 0 spiro atoms. The van der Waals surface area contributed by atoms with Crippen LogP contribution in [0.25, 0.3) is 5.69 Å². The number of nitrogens with one attached hydrogen (secondary N) is 1. The molecule has 0 aliphatic carbocycles. The summed E-state index contributed by atoms with van der Waals surface area (Å²) in [5.41, 5.74) is -0.292. The molecular weight excluding hydrogens is 323 g/mol. The second kappa shape index (κ2) is 7.74. The highest BCUT2D eigenvalue weighted by molar-refractivity contribution is 5.91. The predicted octanol–water partition coefficient (Wildman–Crippen LogP) is 2.81. The van der Waals surface area contributed by atoms with Crippen molar-refractivity contribution in [2.75, 3.05) is 6.61 Å². The summed E-state index contributed by atoms with van der Waals surface area (Å²) >= 11 is 0. The molecule has 2 aromatic rings. The summed E-state index contributed by atoms with van der Waals surface area (Å²) in [5.74, 6) is -0.404. The summed E-state index contributed by atoms with van der Waals surface area (Å²) in [6, 6.07) is 6.25. The van der Waals surface area contributed by atoms with Crippen LogP contribution in [0, 0.1) is 5.82 Å². The maximum absolute atomic E-state index is 14.1. The highest BCUT2D eigenvalue weighted by atomic mass is 19.1. The van der Waals surface area contributed by atoms with Gasteiger partial charge in [0.25, 0.3) is 5.91 Å². The summed E-state index contributed by atoms with van der Waals surface area (Å²) in [6.45, 7) is 7.58. The molecule has 0 fully saturated rings. The maximum atomic E-state index is 14.1. The van der Waals surface area contributed by atoms with E-state index in [0.29, 0.717) is 18.7 Å². The molecule has 2 N–H and O–H groups in total. The highest BCUT2D eigenvalue weighted by Crippen LogP contribution is 2.20. The van der Waals surface area contributed by atoms with E-state index in [0.717, 1.165) is 0 Å². The Balaban J connectivity index is 2.39. The molecular formula is C18H25FN4O2. The Morgan fingerprint density at radius 2 is 2.08 bits per heavy atom. The van der Waals surface area contributed by atoms with E-state index >= 15 is 0 Å². The van der Waals surface area contributed by atoms with Crippen molar-refractivity contribution in [3.63, 3.8) is 0 Å². The van der Waals surface area contributed by atoms with E-state index < -0.39 is 17.3 Å². The van der Waals surface area contributed by atoms with Gasteiger partial charge >= 0.3 is 0 Å². The van der Waals surface area contributed by atoms with Gasteiger partial charge in [0.15, 0.2) is 0 Å². The van der Waals surface area contributed by atoms with Crippen molar-refractivity contribution < 1.29 is 14.3 Å². The number of aromatic nitrogens is 3. The van der Waals surface area contributed by atoms with Crippen LogP contribution in [0.3, 0.4) is 0 Å². The number of aliphatic hydroxyl groups excluding tert-OH is 1. The Morgan fingerprint density at radius 1 is 1.40 bits per heavy atom. The first-order valence-corrected chi connectivity index (χ1v) is 8.46. The summed E-state index contributed by atoms with van der Waals surface area (Å²) in [6.07, 6.45) is 1.09. The van der Waals surface area contributed by atoms with Crippen molar-refractivity contribution >= 4 is 5.91 Å². The van der Waals surface area contributed by atoms with Crippen LogP contribution in [0.1, 0.15) is 62.9 Å². The van der Waals surface area contributed by atoms with Gasteiger partial charge in [-0.1, -0.05) is 32.9 Å². The summed E-state index contributed by atoms with van der Waals surface area (Å²) < 4.78 is 15.5. The van der Waals surface area contributed by atoms with Crippen molar-refractivity contribution in [1.29, 1.82) is 0 Å². The molecule has 0 aliphatic heterocycles. The third-order valence-electron chi connectivity index (χ3n) is 4.29. The standard InChI is InChI=1S/C18H25FN4O2/c1-5-18(4,10-11-24)21-17(25)15-20-16(12(2)3)23(22-15)14-9-7-6-8-13(14)19/h6-9,12,24H,5,10-11H2,1-4H3,(H,21,25). The monoisotopic (exact) mass is 348 g/mol. The van der Waals surface area contributed by atoms with Crippen molar-refractivity contribution in [3.05, 3.63) is 41.7 Å². The Bertz CT molecular complexity index is 744. The van der Waals surface area contributed by atoms with Gasteiger partial charge in [-0.05, 0) is 31.9 Å². The Labute approximate surface area is 147 Å². The van der Waals surface area contributed by atoms with E-state index in [2.05, 4.69) is 15.4 Å². The van der Waals surface area contributed by atoms with Gasteiger partial charge in [0.05, 0.1) is 0 Å². The van der Waals surface area contributed by atoms with Gasteiger partial charge in [0.2, 0.25) is 5.82 Å². The molecule has 1 aromatic carbocycles. The first kappa shape index (κ1) is 19.1. The number of nitrogens with zero attached hydrogens (tertiary/aromatic N) is 3. The lowest BCUT2D eigenvalue weighted by atomic mass is 9.95. The lowest BCUT2D eigenvalue weighted by Crippen LogP contribution is -2.46. The molecule has 1 atom stereocenters. The van der Waals surface area contributed by atoms with E-state index in [4.69, 9.17) is 0 Å². The van der Waals surface area contributed by atoms with Crippen LogP contribution < -0.4 is 5.32 Å². The number of rotatable bonds is 7. The second-order valence-electron chi connectivity index (χ2n) is 6.65. The van der Waals surface area contributed by atoms with E-state index in [9.17, 15) is 14.3 Å². The molecule has 0 radical (unpaired) electrons. The molecule has 7 heteroatoms. The molecule has 1 heterocycles. The van der Waals surface area contributed by atoms with E-state index in [1.807, 2.05) is 27.7 Å². The first-order valence-electron chi connectivity index (χ1n) is 8.46. The summed E-state index contributed by atoms with van der Waals surface area (Å²) in [4.78, 5) is 16.9. The Morgan fingerprint density at radius 3 is 2.64 bits per heavy atom. The van der Waals surface area contributed by atoms with Crippen molar-refractivity contribution in [2.45, 2.75) is 52.0 Å². The third-order valence-corrected chi connectivity index (χ3v) is 4.29. The van der Waals surface area contributed by atoms with Crippen LogP contribution >= 0.6 is 0 Å². The zero-order chi connectivity index (χ0) is 18.6. The average molecular weight is 348 g/mol. The van der Waals surface area contributed by atoms with Crippen LogP contribution in [0.5, 0.6) is 0 Å². The average Bonchev–Trinajstić information content (AvgIpc) is 3.01. The quantitative estimate of drug-likeness (QED) is 0.806. The summed E-state index contributed by atoms with van der Waals surface area (Å²) in [5, 5.41) is 16.3. The largest absolute Gasteiger partial charge is 0.396 e. The Hall–Kier alpha value is -2.28. The zero-order valence-electron chi connectivity index (χ0n) is 15.1. The van der Waals surface area contributed by atoms with Gasteiger partial charge in [-0.2, -0.15) is 0 Å². The number of hydrogen-bond acceptors (Lipinski definition) is 4. The van der Waals surface area contributed by atoms with E-state index in [-0.39, 0.29) is 24.0 Å². The minimum atomic E-state index is -0.548. The molecule has 1 unspecified atom stereocenters. The lowest BCUT2D eigenvalue weighted by molar-refractivity contribution is 0.0875.